The van der Waals surface area contributed by atoms with E-state index in [1.807, 2.05) is 0 Å². The largest absolute Gasteiger partial charge is 0.462 e. The predicted molar refractivity (Wildman–Crippen MR) is 252 cm³/mol. The van der Waals surface area contributed by atoms with Crippen LogP contribution in [-0.2, 0) is 28.6 Å². The van der Waals surface area contributed by atoms with Crippen molar-refractivity contribution in [1.82, 2.24) is 0 Å². The molecule has 6 nitrogen and oxygen atoms in total. The first-order valence-corrected chi connectivity index (χ1v) is 26.3. The van der Waals surface area contributed by atoms with Gasteiger partial charge in [-0.3, -0.25) is 14.4 Å². The van der Waals surface area contributed by atoms with Crippen LogP contribution in [0.3, 0.4) is 0 Å². The minimum atomic E-state index is -0.760. The minimum Gasteiger partial charge on any atom is -0.462 e. The van der Waals surface area contributed by atoms with Crippen LogP contribution >= 0.6 is 0 Å². The van der Waals surface area contributed by atoms with Gasteiger partial charge in [-0.2, -0.15) is 0 Å². The number of hydrogen-bond donors (Lipinski definition) is 0. The lowest BCUT2D eigenvalue weighted by Gasteiger charge is -2.18. The molecular weight excluding hydrogens is 733 g/mol. The zero-order chi connectivity index (χ0) is 43.3. The molecule has 59 heavy (non-hydrogen) atoms. The summed E-state index contributed by atoms with van der Waals surface area (Å²) < 4.78 is 16.7. The van der Waals surface area contributed by atoms with Gasteiger partial charge < -0.3 is 14.2 Å². The number of esters is 3. The van der Waals surface area contributed by atoms with Crippen LogP contribution in [0.5, 0.6) is 0 Å². The highest BCUT2D eigenvalue weighted by Gasteiger charge is 2.19. The molecule has 6 heteroatoms. The SMILES string of the molecule is CCCCCCCC(=O)OC[C@H](COC(=O)CCCCCCCCCCCCCCCCC(C)CC)OC(=O)CCCCCCCCCCCCCCCCCC(C)C. The van der Waals surface area contributed by atoms with Crippen molar-refractivity contribution in [1.29, 1.82) is 0 Å². The van der Waals surface area contributed by atoms with Crippen LogP contribution in [0.1, 0.15) is 291 Å². The maximum atomic E-state index is 12.7. The van der Waals surface area contributed by atoms with Gasteiger partial charge in [0.2, 0.25) is 0 Å². The van der Waals surface area contributed by atoms with E-state index in [0.717, 1.165) is 76.0 Å². The van der Waals surface area contributed by atoms with Gasteiger partial charge in [0.15, 0.2) is 6.10 Å². The number of carbonyl (C=O) groups excluding carboxylic acids is 3. The maximum Gasteiger partial charge on any atom is 0.306 e. The summed E-state index contributed by atoms with van der Waals surface area (Å²) in [5.41, 5.74) is 0. The third-order valence-electron chi connectivity index (χ3n) is 12.3. The highest BCUT2D eigenvalue weighted by molar-refractivity contribution is 5.71. The van der Waals surface area contributed by atoms with Crippen molar-refractivity contribution in [2.45, 2.75) is 298 Å². The Hall–Kier alpha value is -1.59. The number of carbonyl (C=O) groups is 3. The molecule has 0 heterocycles. The molecule has 1 unspecified atom stereocenters. The average Bonchev–Trinajstić information content (AvgIpc) is 3.22. The van der Waals surface area contributed by atoms with Gasteiger partial charge in [0, 0.05) is 19.3 Å². The topological polar surface area (TPSA) is 78.9 Å². The number of unbranched alkanes of at least 4 members (excludes halogenated alkanes) is 31. The Kier molecular flexibility index (Phi) is 44.7. The molecule has 2 atom stereocenters. The number of ether oxygens (including phenoxy) is 3. The molecule has 0 saturated carbocycles. The second-order valence-corrected chi connectivity index (χ2v) is 18.9. The molecule has 0 N–H and O–H groups in total. The van der Waals surface area contributed by atoms with Crippen molar-refractivity contribution >= 4 is 17.9 Å². The van der Waals surface area contributed by atoms with Gasteiger partial charge in [0.05, 0.1) is 0 Å². The Morgan fingerprint density at radius 2 is 0.644 bits per heavy atom. The normalized spacial score (nSPS) is 12.5. The summed E-state index contributed by atoms with van der Waals surface area (Å²) in [5.74, 6) is 0.883. The van der Waals surface area contributed by atoms with Gasteiger partial charge in [-0.25, -0.2) is 0 Å². The molecule has 0 aliphatic carbocycles. The van der Waals surface area contributed by atoms with E-state index in [1.165, 1.54) is 173 Å². The number of hydrogen-bond acceptors (Lipinski definition) is 6. The zero-order valence-electron chi connectivity index (χ0n) is 40.4. The smallest absolute Gasteiger partial charge is 0.306 e. The van der Waals surface area contributed by atoms with Crippen molar-refractivity contribution in [2.24, 2.45) is 11.8 Å². The summed E-state index contributed by atoms with van der Waals surface area (Å²) >= 11 is 0. The number of rotatable bonds is 47. The first-order chi connectivity index (χ1) is 28.8. The molecule has 0 rings (SSSR count). The van der Waals surface area contributed by atoms with Crippen LogP contribution in [0.15, 0.2) is 0 Å². The fraction of sp³-hybridized carbons (Fsp3) is 0.943. The van der Waals surface area contributed by atoms with Crippen LogP contribution in [0.2, 0.25) is 0 Å². The fourth-order valence-electron chi connectivity index (χ4n) is 7.96. The molecule has 0 aliphatic rings. The van der Waals surface area contributed by atoms with E-state index in [1.54, 1.807) is 0 Å². The van der Waals surface area contributed by atoms with Crippen LogP contribution in [0, 0.1) is 11.8 Å². The first kappa shape index (κ1) is 57.4. The van der Waals surface area contributed by atoms with Crippen molar-refractivity contribution in [3.8, 4) is 0 Å². The van der Waals surface area contributed by atoms with Crippen LogP contribution in [0.4, 0.5) is 0 Å². The van der Waals surface area contributed by atoms with Crippen molar-refractivity contribution < 1.29 is 28.6 Å². The van der Waals surface area contributed by atoms with Gasteiger partial charge in [-0.15, -0.1) is 0 Å². The molecule has 0 bridgehead atoms. The summed E-state index contributed by atoms with van der Waals surface area (Å²) in [4.78, 5) is 37.7. The average molecular weight is 835 g/mol. The molecule has 0 aliphatic heterocycles. The van der Waals surface area contributed by atoms with Gasteiger partial charge in [-0.1, -0.05) is 253 Å². The fourth-order valence-corrected chi connectivity index (χ4v) is 7.96. The third kappa shape index (κ3) is 45.8. The Morgan fingerprint density at radius 3 is 0.966 bits per heavy atom. The van der Waals surface area contributed by atoms with Crippen LogP contribution < -0.4 is 0 Å². The molecule has 0 saturated heterocycles. The summed E-state index contributed by atoms with van der Waals surface area (Å²) in [6.07, 6.45) is 46.9. The van der Waals surface area contributed by atoms with E-state index < -0.39 is 6.10 Å². The molecule has 0 radical (unpaired) electrons. The van der Waals surface area contributed by atoms with Crippen LogP contribution in [-0.4, -0.2) is 37.2 Å². The Bertz CT molecular complexity index is 902. The minimum absolute atomic E-state index is 0.0645. The molecule has 0 amide bonds. The monoisotopic (exact) mass is 835 g/mol. The van der Waals surface area contributed by atoms with Gasteiger partial charge in [0.1, 0.15) is 13.2 Å². The lowest BCUT2D eigenvalue weighted by atomic mass is 9.99. The zero-order valence-corrected chi connectivity index (χ0v) is 40.4. The van der Waals surface area contributed by atoms with Crippen molar-refractivity contribution in [3.05, 3.63) is 0 Å². The van der Waals surface area contributed by atoms with Crippen LogP contribution in [0.25, 0.3) is 0 Å². The Morgan fingerprint density at radius 1 is 0.356 bits per heavy atom. The molecule has 0 aromatic rings. The van der Waals surface area contributed by atoms with Gasteiger partial charge in [0.25, 0.3) is 0 Å². The standard InChI is InChI=1S/C53H102O6/c1-6-8-9-31-38-43-51(54)57-46-50(59-53(56)45-40-35-30-26-22-18-12-10-11-15-19-23-27-32-36-41-48(3)4)47-58-52(55)44-39-34-29-25-21-17-14-13-16-20-24-28-33-37-42-49(5)7-2/h48-50H,6-47H2,1-5H3/t49?,50-/m1/s1. The molecule has 350 valence electrons. The lowest BCUT2D eigenvalue weighted by Crippen LogP contribution is -2.30. The van der Waals surface area contributed by atoms with E-state index in [-0.39, 0.29) is 31.1 Å². The third-order valence-corrected chi connectivity index (χ3v) is 12.3. The second kappa shape index (κ2) is 45.9. The van der Waals surface area contributed by atoms with Gasteiger partial charge >= 0.3 is 17.9 Å². The lowest BCUT2D eigenvalue weighted by molar-refractivity contribution is -0.167. The summed E-state index contributed by atoms with van der Waals surface area (Å²) in [6.45, 7) is 11.4. The second-order valence-electron chi connectivity index (χ2n) is 18.9. The van der Waals surface area contributed by atoms with Crippen molar-refractivity contribution in [2.75, 3.05) is 13.2 Å². The molecular formula is C53H102O6. The van der Waals surface area contributed by atoms with E-state index in [2.05, 4.69) is 34.6 Å². The molecule has 0 aromatic carbocycles. The summed E-state index contributed by atoms with van der Waals surface area (Å²) in [7, 11) is 0. The highest BCUT2D eigenvalue weighted by atomic mass is 16.6. The molecule has 0 fully saturated rings. The summed E-state index contributed by atoms with van der Waals surface area (Å²) in [5, 5.41) is 0. The Labute approximate surface area is 368 Å². The van der Waals surface area contributed by atoms with E-state index in [9.17, 15) is 14.4 Å². The van der Waals surface area contributed by atoms with E-state index >= 15 is 0 Å². The molecule has 0 aromatic heterocycles. The predicted octanol–water partition coefficient (Wildman–Crippen LogP) is 16.9. The quantitative estimate of drug-likeness (QED) is 0.0345. The first-order valence-electron chi connectivity index (χ1n) is 26.3. The van der Waals surface area contributed by atoms with Crippen molar-refractivity contribution in [3.63, 3.8) is 0 Å². The van der Waals surface area contributed by atoms with Gasteiger partial charge in [-0.05, 0) is 31.1 Å². The highest BCUT2D eigenvalue weighted by Crippen LogP contribution is 2.18. The van der Waals surface area contributed by atoms with E-state index in [0.29, 0.717) is 19.3 Å². The Balaban J connectivity index is 4.10. The summed E-state index contributed by atoms with van der Waals surface area (Å²) in [6, 6.07) is 0. The maximum absolute atomic E-state index is 12.7. The molecule has 0 spiro atoms. The van der Waals surface area contributed by atoms with E-state index in [4.69, 9.17) is 14.2 Å².